The molecule has 0 atom stereocenters. The topological polar surface area (TPSA) is 32.8 Å². The summed E-state index contributed by atoms with van der Waals surface area (Å²) in [5.41, 5.74) is 2.74. The zero-order chi connectivity index (χ0) is 19.0. The van der Waals surface area contributed by atoms with Crippen LogP contribution in [0, 0.1) is 6.92 Å². The number of nitrogens with zero attached hydrogens (tertiary/aromatic N) is 2. The molecule has 0 spiro atoms. The Balaban J connectivity index is 1.56. The van der Waals surface area contributed by atoms with E-state index in [1.165, 1.54) is 5.56 Å². The Hall–Kier alpha value is -2.56. The maximum absolute atomic E-state index is 14.0. The van der Waals surface area contributed by atoms with E-state index in [1.807, 2.05) is 18.2 Å². The number of piperidine rings is 1. The van der Waals surface area contributed by atoms with Gasteiger partial charge in [-0.2, -0.15) is 0 Å². The molecule has 1 fully saturated rings. The molecule has 1 amide bonds. The highest BCUT2D eigenvalue weighted by atomic mass is 19.1. The molecule has 0 aromatic heterocycles. The van der Waals surface area contributed by atoms with Gasteiger partial charge in [-0.15, -0.1) is 0 Å². The third-order valence-electron chi connectivity index (χ3n) is 5.51. The Morgan fingerprint density at radius 1 is 1.07 bits per heavy atom. The minimum absolute atomic E-state index is 0.0515. The Morgan fingerprint density at radius 3 is 2.48 bits per heavy atom. The van der Waals surface area contributed by atoms with Crippen LogP contribution in [0.25, 0.3) is 0 Å². The molecule has 0 radical (unpaired) electrons. The fourth-order valence-electron chi connectivity index (χ4n) is 3.70. The van der Waals surface area contributed by atoms with Crippen molar-refractivity contribution in [1.29, 1.82) is 0 Å². The molecule has 2 heterocycles. The van der Waals surface area contributed by atoms with Crippen LogP contribution in [-0.4, -0.2) is 42.7 Å². The fraction of sp³-hybridized carbons (Fsp3) is 0.409. The molecule has 4 nitrogen and oxygen atoms in total. The van der Waals surface area contributed by atoms with Crippen molar-refractivity contribution in [3.63, 3.8) is 0 Å². The van der Waals surface area contributed by atoms with Crippen LogP contribution in [0.1, 0.15) is 35.7 Å². The number of ether oxygens (including phenoxy) is 1. The van der Waals surface area contributed by atoms with E-state index in [-0.39, 0.29) is 5.91 Å². The van der Waals surface area contributed by atoms with E-state index in [0.717, 1.165) is 23.7 Å². The number of alkyl halides is 1. The molecule has 0 aliphatic carbocycles. The molecule has 0 unspecified atom stereocenters. The number of halogens is 1. The van der Waals surface area contributed by atoms with Crippen LogP contribution in [0.5, 0.6) is 5.75 Å². The highest BCUT2D eigenvalue weighted by molar-refractivity contribution is 5.95. The van der Waals surface area contributed by atoms with Crippen molar-refractivity contribution in [1.82, 2.24) is 4.90 Å². The number of hydrogen-bond donors (Lipinski definition) is 0. The molecule has 2 aliphatic heterocycles. The van der Waals surface area contributed by atoms with E-state index in [1.54, 1.807) is 11.8 Å². The summed E-state index contributed by atoms with van der Waals surface area (Å²) in [5, 5.41) is 0. The van der Waals surface area contributed by atoms with E-state index in [4.69, 9.17) is 4.74 Å². The molecule has 0 saturated carbocycles. The van der Waals surface area contributed by atoms with Crippen LogP contribution in [0.15, 0.2) is 42.5 Å². The third-order valence-corrected chi connectivity index (χ3v) is 5.51. The van der Waals surface area contributed by atoms with E-state index >= 15 is 0 Å². The summed E-state index contributed by atoms with van der Waals surface area (Å²) in [6.45, 7) is 5.94. The Kier molecular flexibility index (Phi) is 4.54. The number of hydrogen-bond acceptors (Lipinski definition) is 3. The Morgan fingerprint density at radius 2 is 1.78 bits per heavy atom. The van der Waals surface area contributed by atoms with Crippen LogP contribution >= 0.6 is 0 Å². The summed E-state index contributed by atoms with van der Waals surface area (Å²) in [4.78, 5) is 16.8. The minimum Gasteiger partial charge on any atom is -0.490 e. The smallest absolute Gasteiger partial charge is 0.253 e. The number of amides is 1. The fourth-order valence-corrected chi connectivity index (χ4v) is 3.70. The first-order valence-corrected chi connectivity index (χ1v) is 9.52. The predicted octanol–water partition coefficient (Wildman–Crippen LogP) is 4.49. The lowest BCUT2D eigenvalue weighted by atomic mass is 9.95. The lowest BCUT2D eigenvalue weighted by molar-refractivity contribution is 0.0503. The van der Waals surface area contributed by atoms with Crippen molar-refractivity contribution in [2.45, 2.75) is 32.4 Å². The van der Waals surface area contributed by atoms with Crippen LogP contribution in [-0.2, 0) is 0 Å². The average molecular weight is 368 g/mol. The number of carbonyl (C=O) groups is 1. The quantitative estimate of drug-likeness (QED) is 0.783. The lowest BCUT2D eigenvalue weighted by Gasteiger charge is -2.35. The summed E-state index contributed by atoms with van der Waals surface area (Å²) in [5.74, 6) is 0.671. The lowest BCUT2D eigenvalue weighted by Crippen LogP contribution is -2.43. The number of rotatable bonds is 2. The first kappa shape index (κ1) is 17.8. The summed E-state index contributed by atoms with van der Waals surface area (Å²) in [6, 6.07) is 14.0. The molecular formula is C22H25FN2O2. The van der Waals surface area contributed by atoms with Gasteiger partial charge in [-0.05, 0) is 57.0 Å². The molecular weight excluding hydrogens is 343 g/mol. The molecule has 0 N–H and O–H groups in total. The highest BCUT2D eigenvalue weighted by Gasteiger charge is 2.32. The minimum atomic E-state index is -1.16. The van der Waals surface area contributed by atoms with E-state index in [2.05, 4.69) is 36.1 Å². The molecule has 2 aromatic rings. The second-order valence-electron chi connectivity index (χ2n) is 7.72. The van der Waals surface area contributed by atoms with E-state index in [0.29, 0.717) is 38.1 Å². The van der Waals surface area contributed by atoms with Gasteiger partial charge in [0, 0.05) is 24.3 Å². The highest BCUT2D eigenvalue weighted by Crippen LogP contribution is 2.37. The molecule has 4 rings (SSSR count). The van der Waals surface area contributed by atoms with Gasteiger partial charge in [0.25, 0.3) is 5.91 Å². The van der Waals surface area contributed by atoms with Gasteiger partial charge in [0.2, 0.25) is 0 Å². The average Bonchev–Trinajstić information content (AvgIpc) is 2.67. The maximum Gasteiger partial charge on any atom is 0.253 e. The van der Waals surface area contributed by atoms with Crippen LogP contribution in [0.4, 0.5) is 15.8 Å². The van der Waals surface area contributed by atoms with Gasteiger partial charge in [-0.1, -0.05) is 17.7 Å². The molecule has 2 aliphatic rings. The molecule has 2 aromatic carbocycles. The standard InChI is InChI=1S/C22H25FN2O2/c1-16-3-6-18(7-4-16)25-13-14-27-20-15-17(5-8-19(20)25)21(26)24-11-9-22(2,23)10-12-24/h3-8,15H,9-14H2,1-2H3. The largest absolute Gasteiger partial charge is 0.490 e. The Labute approximate surface area is 159 Å². The van der Waals surface area contributed by atoms with Crippen molar-refractivity contribution in [3.05, 3.63) is 53.6 Å². The normalized spacial score (nSPS) is 18.6. The van der Waals surface area contributed by atoms with Gasteiger partial charge in [-0.3, -0.25) is 4.79 Å². The number of likely N-dealkylation sites (tertiary alicyclic amines) is 1. The second kappa shape index (κ2) is 6.87. The van der Waals surface area contributed by atoms with Gasteiger partial charge < -0.3 is 14.5 Å². The molecule has 5 heteroatoms. The number of benzene rings is 2. The van der Waals surface area contributed by atoms with Crippen molar-refractivity contribution < 1.29 is 13.9 Å². The zero-order valence-electron chi connectivity index (χ0n) is 15.9. The zero-order valence-corrected chi connectivity index (χ0v) is 15.9. The molecule has 1 saturated heterocycles. The number of aryl methyl sites for hydroxylation is 1. The SMILES string of the molecule is Cc1ccc(N2CCOc3cc(C(=O)N4CCC(C)(F)CC4)ccc32)cc1. The second-order valence-corrected chi connectivity index (χ2v) is 7.72. The van der Waals surface area contributed by atoms with Crippen molar-refractivity contribution in [3.8, 4) is 5.75 Å². The first-order chi connectivity index (χ1) is 12.9. The third kappa shape index (κ3) is 3.64. The monoisotopic (exact) mass is 368 g/mol. The van der Waals surface area contributed by atoms with Crippen molar-refractivity contribution in [2.24, 2.45) is 0 Å². The van der Waals surface area contributed by atoms with E-state index < -0.39 is 5.67 Å². The van der Waals surface area contributed by atoms with Crippen molar-refractivity contribution >= 4 is 17.3 Å². The number of anilines is 2. The summed E-state index contributed by atoms with van der Waals surface area (Å²) in [7, 11) is 0. The van der Waals surface area contributed by atoms with Gasteiger partial charge in [-0.25, -0.2) is 4.39 Å². The van der Waals surface area contributed by atoms with Gasteiger partial charge in [0.05, 0.1) is 12.2 Å². The Bertz CT molecular complexity index is 838. The van der Waals surface area contributed by atoms with Crippen LogP contribution < -0.4 is 9.64 Å². The first-order valence-electron chi connectivity index (χ1n) is 9.52. The summed E-state index contributed by atoms with van der Waals surface area (Å²) in [6.07, 6.45) is 0.781. The molecule has 27 heavy (non-hydrogen) atoms. The van der Waals surface area contributed by atoms with Crippen molar-refractivity contribution in [2.75, 3.05) is 31.1 Å². The molecule has 0 bridgehead atoms. The van der Waals surface area contributed by atoms with Crippen LogP contribution in [0.3, 0.4) is 0 Å². The summed E-state index contributed by atoms with van der Waals surface area (Å²) >= 11 is 0. The van der Waals surface area contributed by atoms with Crippen LogP contribution in [0.2, 0.25) is 0 Å². The molecule has 142 valence electrons. The van der Waals surface area contributed by atoms with E-state index in [9.17, 15) is 9.18 Å². The van der Waals surface area contributed by atoms with Gasteiger partial charge >= 0.3 is 0 Å². The van der Waals surface area contributed by atoms with Gasteiger partial charge in [0.15, 0.2) is 0 Å². The van der Waals surface area contributed by atoms with Gasteiger partial charge in [0.1, 0.15) is 18.0 Å². The predicted molar refractivity (Wildman–Crippen MR) is 105 cm³/mol. The number of fused-ring (bicyclic) bond motifs is 1. The summed E-state index contributed by atoms with van der Waals surface area (Å²) < 4.78 is 19.8. The number of carbonyl (C=O) groups excluding carboxylic acids is 1. The maximum atomic E-state index is 14.0.